The second kappa shape index (κ2) is 11.9. The first-order valence-corrected chi connectivity index (χ1v) is 14.9. The maximum Gasteiger partial charge on any atom is 0.251 e. The summed E-state index contributed by atoms with van der Waals surface area (Å²) in [6, 6.07) is 8.96. The van der Waals surface area contributed by atoms with Crippen molar-refractivity contribution < 1.29 is 39.6 Å². The molecule has 238 valence electrons. The minimum atomic E-state index is -2.62. The molecule has 0 heterocycles. The largest absolute Gasteiger partial charge is 0.508 e. The van der Waals surface area contributed by atoms with Crippen LogP contribution >= 0.6 is 0 Å². The third kappa shape index (κ3) is 5.24. The van der Waals surface area contributed by atoms with Crippen molar-refractivity contribution in [2.24, 2.45) is 11.8 Å². The van der Waals surface area contributed by atoms with E-state index in [0.717, 1.165) is 19.9 Å². The Labute approximate surface area is 261 Å². The van der Waals surface area contributed by atoms with E-state index in [1.807, 2.05) is 25.1 Å². The van der Waals surface area contributed by atoms with Crippen molar-refractivity contribution in [3.8, 4) is 16.9 Å². The van der Waals surface area contributed by atoms with Gasteiger partial charge in [0, 0.05) is 23.6 Å². The Morgan fingerprint density at radius 2 is 1.76 bits per heavy atom. The normalized spacial score (nSPS) is 24.5. The number of amides is 1. The van der Waals surface area contributed by atoms with E-state index in [0.29, 0.717) is 28.8 Å². The lowest BCUT2D eigenvalue weighted by molar-refractivity contribution is -0.153. The van der Waals surface area contributed by atoms with Gasteiger partial charge < -0.3 is 30.6 Å². The van der Waals surface area contributed by atoms with Crippen LogP contribution in [-0.2, 0) is 20.8 Å². The molecule has 2 aromatic carbocycles. The molecule has 5 N–H and O–H groups in total. The van der Waals surface area contributed by atoms with Crippen molar-refractivity contribution in [2.45, 2.75) is 37.8 Å². The number of fused-ring (bicyclic) bond motifs is 3. The number of phenols is 1. The fourth-order valence-electron chi connectivity index (χ4n) is 7.14. The van der Waals surface area contributed by atoms with Crippen LogP contribution in [-0.4, -0.2) is 106 Å². The number of likely N-dealkylation sites (N-methyl/N-ethyl adjacent to an activating group) is 1. The number of aliphatic hydroxyl groups excluding tert-OH is 2. The van der Waals surface area contributed by atoms with Gasteiger partial charge in [-0.15, -0.1) is 0 Å². The molecule has 3 aliphatic rings. The van der Waals surface area contributed by atoms with E-state index in [1.54, 1.807) is 38.4 Å². The fraction of sp³-hybridized carbons (Fsp3) is 0.412. The van der Waals surface area contributed by atoms with E-state index in [2.05, 4.69) is 5.32 Å². The SMILES string of the molecule is CC(=O)C1=C(O)[C@@]2(O)C(=O)C3=C(O)c4c(O)ccc(-c5cccc(C(=O)NCCCN(C)C)c5)c4C[C@H]3C[C@H]2[C@@H](N(C)C)C1=O. The summed E-state index contributed by atoms with van der Waals surface area (Å²) >= 11 is 0. The Bertz CT molecular complexity index is 1670. The van der Waals surface area contributed by atoms with Gasteiger partial charge in [-0.25, -0.2) is 0 Å². The van der Waals surface area contributed by atoms with E-state index in [-0.39, 0.29) is 35.6 Å². The lowest BCUT2D eigenvalue weighted by Gasteiger charge is -2.50. The fourth-order valence-corrected chi connectivity index (χ4v) is 7.14. The molecule has 11 heteroatoms. The second-order valence-electron chi connectivity index (χ2n) is 12.6. The predicted molar refractivity (Wildman–Crippen MR) is 167 cm³/mol. The third-order valence-electron chi connectivity index (χ3n) is 9.21. The smallest absolute Gasteiger partial charge is 0.251 e. The van der Waals surface area contributed by atoms with Crippen LogP contribution in [0.1, 0.15) is 41.3 Å². The number of nitrogens with one attached hydrogen (secondary N) is 1. The summed E-state index contributed by atoms with van der Waals surface area (Å²) in [4.78, 5) is 56.3. The van der Waals surface area contributed by atoms with Crippen molar-refractivity contribution in [1.82, 2.24) is 15.1 Å². The quantitative estimate of drug-likeness (QED) is 0.219. The Morgan fingerprint density at radius 3 is 2.40 bits per heavy atom. The molecule has 3 aliphatic carbocycles. The highest BCUT2D eigenvalue weighted by Gasteiger charge is 2.64. The van der Waals surface area contributed by atoms with Gasteiger partial charge in [0.2, 0.25) is 5.78 Å². The number of carbonyl (C=O) groups is 4. The topological polar surface area (TPSA) is 168 Å². The molecule has 45 heavy (non-hydrogen) atoms. The first kappa shape index (κ1) is 32.1. The van der Waals surface area contributed by atoms with E-state index in [4.69, 9.17) is 0 Å². The van der Waals surface area contributed by atoms with Crippen LogP contribution < -0.4 is 5.32 Å². The Morgan fingerprint density at radius 1 is 1.04 bits per heavy atom. The number of phenolic OH excluding ortho intramolecular Hbond substituents is 1. The predicted octanol–water partition coefficient (Wildman–Crippen LogP) is 2.42. The number of carbonyl (C=O) groups excluding carboxylic acids is 4. The number of nitrogens with zero attached hydrogens (tertiary/aromatic N) is 2. The summed E-state index contributed by atoms with van der Waals surface area (Å²) in [6.07, 6.45) is 0.976. The molecule has 0 radical (unpaired) electrons. The second-order valence-corrected chi connectivity index (χ2v) is 12.6. The summed E-state index contributed by atoms with van der Waals surface area (Å²) in [5, 5.41) is 48.3. The van der Waals surface area contributed by atoms with Gasteiger partial charge in [-0.1, -0.05) is 18.2 Å². The number of ketones is 3. The summed E-state index contributed by atoms with van der Waals surface area (Å²) in [6.45, 7) is 2.42. The van der Waals surface area contributed by atoms with Crippen molar-refractivity contribution in [2.75, 3.05) is 41.3 Å². The number of hydrogen-bond acceptors (Lipinski definition) is 10. The monoisotopic (exact) mass is 617 g/mol. The summed E-state index contributed by atoms with van der Waals surface area (Å²) < 4.78 is 0. The molecular weight excluding hydrogens is 578 g/mol. The standard InChI is InChI=1S/C34H39N3O8/c1-17(38)25-30(41)28(37(4)5)23-16-20-15-22-21(18-8-6-9-19(14-18)33(44)35-12-7-13-36(2)3)10-11-24(39)27(22)29(40)26(20)32(43)34(23,45)31(25)42/h6,8-11,14,20,23,28,39-40,42,45H,7,12-13,15-16H2,1-5H3,(H,35,44)/t20-,23-,28+,34+/m0/s1. The molecule has 0 spiro atoms. The van der Waals surface area contributed by atoms with Crippen LogP contribution in [0.3, 0.4) is 0 Å². The molecule has 0 aliphatic heterocycles. The molecule has 1 amide bonds. The maximum absolute atomic E-state index is 14.1. The highest BCUT2D eigenvalue weighted by Crippen LogP contribution is 2.53. The van der Waals surface area contributed by atoms with Crippen molar-refractivity contribution in [3.63, 3.8) is 0 Å². The van der Waals surface area contributed by atoms with Gasteiger partial charge in [0.25, 0.3) is 5.91 Å². The molecule has 0 aromatic heterocycles. The summed E-state index contributed by atoms with van der Waals surface area (Å²) in [5.41, 5.74) is -1.16. The number of Topliss-reactive ketones (excluding diaryl/α,β-unsaturated/α-hetero) is 3. The van der Waals surface area contributed by atoms with E-state index >= 15 is 0 Å². The Hall–Kier alpha value is -4.32. The molecule has 1 saturated carbocycles. The molecule has 0 unspecified atom stereocenters. The third-order valence-corrected chi connectivity index (χ3v) is 9.21. The number of benzene rings is 2. The number of hydrogen-bond donors (Lipinski definition) is 5. The lowest BCUT2D eigenvalue weighted by atomic mass is 9.57. The molecule has 0 bridgehead atoms. The van der Waals surface area contributed by atoms with Crippen LogP contribution in [0.15, 0.2) is 53.3 Å². The van der Waals surface area contributed by atoms with Gasteiger partial charge in [0.05, 0.1) is 11.6 Å². The van der Waals surface area contributed by atoms with Crippen LogP contribution in [0, 0.1) is 11.8 Å². The number of rotatable bonds is 8. The zero-order valence-electron chi connectivity index (χ0n) is 26.0. The number of aliphatic hydroxyl groups is 3. The Balaban J connectivity index is 1.58. The summed E-state index contributed by atoms with van der Waals surface area (Å²) in [7, 11) is 7.11. The number of aromatic hydroxyl groups is 1. The molecule has 0 saturated heterocycles. The minimum Gasteiger partial charge on any atom is -0.508 e. The van der Waals surface area contributed by atoms with Gasteiger partial charge in [0.1, 0.15) is 22.8 Å². The van der Waals surface area contributed by atoms with Crippen LogP contribution in [0.2, 0.25) is 0 Å². The summed E-state index contributed by atoms with van der Waals surface area (Å²) in [5.74, 6) is -6.35. The van der Waals surface area contributed by atoms with Gasteiger partial charge in [-0.05, 0) is 102 Å². The average molecular weight is 618 g/mol. The van der Waals surface area contributed by atoms with Gasteiger partial charge >= 0.3 is 0 Å². The van der Waals surface area contributed by atoms with Crippen molar-refractivity contribution >= 4 is 29.0 Å². The molecule has 5 rings (SSSR count). The Kier molecular flexibility index (Phi) is 8.47. The average Bonchev–Trinajstić information content (AvgIpc) is 2.96. The molecule has 2 aromatic rings. The van der Waals surface area contributed by atoms with Gasteiger partial charge in [-0.3, -0.25) is 24.1 Å². The minimum absolute atomic E-state index is 0.0130. The molecular formula is C34H39N3O8. The van der Waals surface area contributed by atoms with Crippen LogP contribution in [0.5, 0.6) is 5.75 Å². The van der Waals surface area contributed by atoms with Crippen molar-refractivity contribution in [3.05, 3.63) is 70.0 Å². The van der Waals surface area contributed by atoms with E-state index in [1.165, 1.54) is 11.0 Å². The van der Waals surface area contributed by atoms with Gasteiger partial charge in [0.15, 0.2) is 17.2 Å². The lowest BCUT2D eigenvalue weighted by Crippen LogP contribution is -2.65. The van der Waals surface area contributed by atoms with Crippen LogP contribution in [0.25, 0.3) is 16.9 Å². The highest BCUT2D eigenvalue weighted by molar-refractivity contribution is 6.25. The first-order chi connectivity index (χ1) is 21.2. The van der Waals surface area contributed by atoms with Crippen molar-refractivity contribution in [1.29, 1.82) is 0 Å². The highest BCUT2D eigenvalue weighted by atomic mass is 16.3. The van der Waals surface area contributed by atoms with Gasteiger partial charge in [-0.2, -0.15) is 0 Å². The zero-order valence-corrected chi connectivity index (χ0v) is 26.0. The van der Waals surface area contributed by atoms with Crippen LogP contribution in [0.4, 0.5) is 0 Å². The van der Waals surface area contributed by atoms with E-state index < -0.39 is 57.9 Å². The molecule has 1 fully saturated rings. The maximum atomic E-state index is 14.1. The zero-order chi connectivity index (χ0) is 33.0. The molecule has 4 atom stereocenters. The van der Waals surface area contributed by atoms with E-state index in [9.17, 15) is 39.6 Å². The first-order valence-electron chi connectivity index (χ1n) is 14.9. The molecule has 11 nitrogen and oxygen atoms in total.